The Labute approximate surface area is 119 Å². The van der Waals surface area contributed by atoms with Crippen molar-refractivity contribution in [1.82, 2.24) is 0 Å². The molecule has 2 aromatic rings. The standard InChI is InChI=1S/C15H13F3O3/c1-20-10-4-3-5-11(21-2)12(10)15(19)8-6-7-9(16)14(18)13(8)17/h3-7,15,19H,1-2H3. The molecular weight excluding hydrogens is 285 g/mol. The molecule has 0 bridgehead atoms. The summed E-state index contributed by atoms with van der Waals surface area (Å²) in [4.78, 5) is 0. The lowest BCUT2D eigenvalue weighted by molar-refractivity contribution is 0.202. The Morgan fingerprint density at radius 2 is 1.48 bits per heavy atom. The van der Waals surface area contributed by atoms with Crippen LogP contribution in [0.4, 0.5) is 13.2 Å². The molecule has 21 heavy (non-hydrogen) atoms. The van der Waals surface area contributed by atoms with Crippen LogP contribution in [0.5, 0.6) is 11.5 Å². The first-order valence-electron chi connectivity index (χ1n) is 6.03. The molecule has 1 unspecified atom stereocenters. The van der Waals surface area contributed by atoms with Gasteiger partial charge in [0, 0.05) is 5.56 Å². The zero-order chi connectivity index (χ0) is 15.6. The molecule has 3 nitrogen and oxygen atoms in total. The van der Waals surface area contributed by atoms with E-state index in [1.807, 2.05) is 0 Å². The number of hydrogen-bond donors (Lipinski definition) is 1. The highest BCUT2D eigenvalue weighted by Crippen LogP contribution is 2.38. The van der Waals surface area contributed by atoms with E-state index < -0.39 is 29.1 Å². The first-order valence-corrected chi connectivity index (χ1v) is 6.03. The number of aliphatic hydroxyl groups excluding tert-OH is 1. The summed E-state index contributed by atoms with van der Waals surface area (Å²) in [6.45, 7) is 0. The average Bonchev–Trinajstić information content (AvgIpc) is 2.51. The van der Waals surface area contributed by atoms with Crippen LogP contribution in [0.3, 0.4) is 0 Å². The van der Waals surface area contributed by atoms with Gasteiger partial charge in [0.1, 0.15) is 17.6 Å². The average molecular weight is 298 g/mol. The van der Waals surface area contributed by atoms with Crippen molar-refractivity contribution in [1.29, 1.82) is 0 Å². The second-order valence-corrected chi connectivity index (χ2v) is 4.24. The third-order valence-corrected chi connectivity index (χ3v) is 3.10. The minimum absolute atomic E-state index is 0.132. The molecule has 0 heterocycles. The summed E-state index contributed by atoms with van der Waals surface area (Å²) in [5.41, 5.74) is -0.274. The van der Waals surface area contributed by atoms with Gasteiger partial charge in [-0.15, -0.1) is 0 Å². The molecule has 1 atom stereocenters. The second kappa shape index (κ2) is 6.05. The summed E-state index contributed by atoms with van der Waals surface area (Å²) in [5, 5.41) is 10.3. The van der Waals surface area contributed by atoms with Crippen molar-refractivity contribution in [3.8, 4) is 11.5 Å². The fourth-order valence-corrected chi connectivity index (χ4v) is 2.06. The largest absolute Gasteiger partial charge is 0.496 e. The van der Waals surface area contributed by atoms with Crippen LogP contribution < -0.4 is 9.47 Å². The number of methoxy groups -OCH3 is 2. The van der Waals surface area contributed by atoms with E-state index in [-0.39, 0.29) is 17.1 Å². The number of hydrogen-bond acceptors (Lipinski definition) is 3. The molecule has 112 valence electrons. The van der Waals surface area contributed by atoms with Crippen LogP contribution in [-0.4, -0.2) is 19.3 Å². The molecule has 0 saturated carbocycles. The maximum absolute atomic E-state index is 13.8. The third-order valence-electron chi connectivity index (χ3n) is 3.10. The summed E-state index contributed by atoms with van der Waals surface area (Å²) in [6, 6.07) is 6.43. The molecular formula is C15H13F3O3. The molecule has 0 radical (unpaired) electrons. The van der Waals surface area contributed by atoms with Gasteiger partial charge in [0.2, 0.25) is 0 Å². The minimum atomic E-state index is -1.64. The molecule has 2 aromatic carbocycles. The van der Waals surface area contributed by atoms with E-state index in [0.717, 1.165) is 12.1 Å². The lowest BCUT2D eigenvalue weighted by atomic mass is 9.99. The van der Waals surface area contributed by atoms with Crippen LogP contribution in [-0.2, 0) is 0 Å². The zero-order valence-electron chi connectivity index (χ0n) is 11.4. The number of rotatable bonds is 4. The van der Waals surface area contributed by atoms with Crippen molar-refractivity contribution in [3.05, 3.63) is 58.9 Å². The van der Waals surface area contributed by atoms with E-state index in [9.17, 15) is 18.3 Å². The molecule has 0 amide bonds. The highest BCUT2D eigenvalue weighted by atomic mass is 19.2. The van der Waals surface area contributed by atoms with Crippen molar-refractivity contribution in [2.24, 2.45) is 0 Å². The molecule has 0 aliphatic heterocycles. The zero-order valence-corrected chi connectivity index (χ0v) is 11.4. The molecule has 2 rings (SSSR count). The number of halogens is 3. The Hall–Kier alpha value is -2.21. The predicted octanol–water partition coefficient (Wildman–Crippen LogP) is 3.20. The van der Waals surface area contributed by atoms with Crippen LogP contribution in [0.1, 0.15) is 17.2 Å². The van der Waals surface area contributed by atoms with Gasteiger partial charge in [-0.25, -0.2) is 13.2 Å². The Morgan fingerprint density at radius 1 is 0.905 bits per heavy atom. The van der Waals surface area contributed by atoms with Gasteiger partial charge in [0.05, 0.1) is 19.8 Å². The number of ether oxygens (including phenoxy) is 2. The molecule has 0 spiro atoms. The maximum atomic E-state index is 13.8. The molecule has 6 heteroatoms. The van der Waals surface area contributed by atoms with Gasteiger partial charge in [-0.2, -0.15) is 0 Å². The smallest absolute Gasteiger partial charge is 0.194 e. The molecule has 0 saturated heterocycles. The highest BCUT2D eigenvalue weighted by Gasteiger charge is 2.25. The van der Waals surface area contributed by atoms with E-state index >= 15 is 0 Å². The van der Waals surface area contributed by atoms with E-state index in [0.29, 0.717) is 0 Å². The second-order valence-electron chi connectivity index (χ2n) is 4.24. The highest BCUT2D eigenvalue weighted by molar-refractivity contribution is 5.49. The van der Waals surface area contributed by atoms with Crippen molar-refractivity contribution in [3.63, 3.8) is 0 Å². The normalized spacial score (nSPS) is 12.1. The van der Waals surface area contributed by atoms with Crippen LogP contribution in [0.25, 0.3) is 0 Å². The Bertz CT molecular complexity index is 637. The molecule has 0 aromatic heterocycles. The maximum Gasteiger partial charge on any atom is 0.194 e. The van der Waals surface area contributed by atoms with E-state index in [4.69, 9.17) is 9.47 Å². The molecule has 0 fully saturated rings. The van der Waals surface area contributed by atoms with Gasteiger partial charge >= 0.3 is 0 Å². The summed E-state index contributed by atoms with van der Waals surface area (Å²) in [6.07, 6.45) is -1.56. The van der Waals surface area contributed by atoms with Gasteiger partial charge in [0.15, 0.2) is 17.5 Å². The van der Waals surface area contributed by atoms with Crippen molar-refractivity contribution in [2.45, 2.75) is 6.10 Å². The Morgan fingerprint density at radius 3 is 2.00 bits per heavy atom. The fraction of sp³-hybridized carbons (Fsp3) is 0.200. The van der Waals surface area contributed by atoms with E-state index in [2.05, 4.69) is 0 Å². The Balaban J connectivity index is 2.60. The summed E-state index contributed by atoms with van der Waals surface area (Å²) in [7, 11) is 2.74. The first-order chi connectivity index (χ1) is 10.0. The van der Waals surface area contributed by atoms with Crippen LogP contribution in [0.2, 0.25) is 0 Å². The lowest BCUT2D eigenvalue weighted by Gasteiger charge is -2.19. The topological polar surface area (TPSA) is 38.7 Å². The summed E-state index contributed by atoms with van der Waals surface area (Å²) in [5.74, 6) is -3.93. The van der Waals surface area contributed by atoms with Crippen molar-refractivity contribution >= 4 is 0 Å². The Kier molecular flexibility index (Phi) is 4.37. The monoisotopic (exact) mass is 298 g/mol. The van der Waals surface area contributed by atoms with Crippen LogP contribution in [0.15, 0.2) is 30.3 Å². The van der Waals surface area contributed by atoms with E-state index in [1.54, 1.807) is 18.2 Å². The van der Waals surface area contributed by atoms with Gasteiger partial charge in [-0.05, 0) is 18.2 Å². The minimum Gasteiger partial charge on any atom is -0.496 e. The van der Waals surface area contributed by atoms with Crippen LogP contribution in [0, 0.1) is 17.5 Å². The summed E-state index contributed by atoms with van der Waals surface area (Å²) < 4.78 is 50.3. The fourth-order valence-electron chi connectivity index (χ4n) is 2.06. The number of benzene rings is 2. The van der Waals surface area contributed by atoms with Gasteiger partial charge in [0.25, 0.3) is 0 Å². The van der Waals surface area contributed by atoms with Crippen molar-refractivity contribution < 1.29 is 27.8 Å². The SMILES string of the molecule is COc1cccc(OC)c1C(O)c1ccc(F)c(F)c1F. The molecule has 0 aliphatic rings. The van der Waals surface area contributed by atoms with Gasteiger partial charge in [-0.1, -0.05) is 12.1 Å². The quantitative estimate of drug-likeness (QED) is 0.881. The lowest BCUT2D eigenvalue weighted by Crippen LogP contribution is -2.08. The molecule has 1 N–H and O–H groups in total. The summed E-state index contributed by atoms with van der Waals surface area (Å²) >= 11 is 0. The van der Waals surface area contributed by atoms with Gasteiger partial charge in [-0.3, -0.25) is 0 Å². The first kappa shape index (κ1) is 15.2. The number of aliphatic hydroxyl groups is 1. The third kappa shape index (κ3) is 2.67. The predicted molar refractivity (Wildman–Crippen MR) is 69.9 cm³/mol. The van der Waals surface area contributed by atoms with Crippen molar-refractivity contribution in [2.75, 3.05) is 14.2 Å². The van der Waals surface area contributed by atoms with Gasteiger partial charge < -0.3 is 14.6 Å². The molecule has 0 aliphatic carbocycles. The van der Waals surface area contributed by atoms with E-state index in [1.165, 1.54) is 14.2 Å². The van der Waals surface area contributed by atoms with Crippen LogP contribution >= 0.6 is 0 Å².